The predicted molar refractivity (Wildman–Crippen MR) is 104 cm³/mol. The lowest BCUT2D eigenvalue weighted by Crippen LogP contribution is -2.36. The molecule has 2 aromatic rings. The molecule has 0 aliphatic rings. The molecule has 2 amide bonds. The second kappa shape index (κ2) is 7.72. The van der Waals surface area contributed by atoms with Crippen molar-refractivity contribution >= 4 is 17.6 Å². The van der Waals surface area contributed by atoms with Crippen LogP contribution in [-0.2, 0) is 15.0 Å². The van der Waals surface area contributed by atoms with E-state index in [1.165, 1.54) is 11.8 Å². The number of rotatable bonds is 5. The average molecular weight is 356 g/mol. The Morgan fingerprint density at radius 2 is 1.81 bits per heavy atom. The number of nitrogens with one attached hydrogen (secondary N) is 1. The van der Waals surface area contributed by atoms with E-state index in [0.29, 0.717) is 12.4 Å². The maximum absolute atomic E-state index is 12.4. The molecule has 140 valence electrons. The van der Waals surface area contributed by atoms with Crippen molar-refractivity contribution in [3.63, 3.8) is 0 Å². The lowest BCUT2D eigenvalue weighted by molar-refractivity contribution is -0.132. The zero-order valence-electron chi connectivity index (χ0n) is 16.5. The first-order chi connectivity index (χ1) is 12.1. The van der Waals surface area contributed by atoms with E-state index >= 15 is 0 Å². The van der Waals surface area contributed by atoms with Gasteiger partial charge in [-0.05, 0) is 26.0 Å². The summed E-state index contributed by atoms with van der Waals surface area (Å²) in [4.78, 5) is 25.5. The number of nitrogens with zero attached hydrogens (tertiary/aromatic N) is 3. The number of hydrogen-bond donors (Lipinski definition) is 1. The fourth-order valence-electron chi connectivity index (χ4n) is 2.52. The number of amides is 2. The monoisotopic (exact) mass is 356 g/mol. The van der Waals surface area contributed by atoms with Crippen LogP contribution in [0.1, 0.15) is 45.9 Å². The molecule has 0 saturated heterocycles. The van der Waals surface area contributed by atoms with Crippen molar-refractivity contribution in [3.05, 3.63) is 41.6 Å². The summed E-state index contributed by atoms with van der Waals surface area (Å²) in [5.74, 6) is 0.240. The summed E-state index contributed by atoms with van der Waals surface area (Å²) in [7, 11) is 0. The molecular formula is C20H28N4O2. The third kappa shape index (κ3) is 4.71. The van der Waals surface area contributed by atoms with Crippen molar-refractivity contribution < 1.29 is 9.59 Å². The highest BCUT2D eigenvalue weighted by Crippen LogP contribution is 2.26. The van der Waals surface area contributed by atoms with Crippen molar-refractivity contribution in [1.29, 1.82) is 0 Å². The lowest BCUT2D eigenvalue weighted by atomic mass is 9.92. The van der Waals surface area contributed by atoms with Crippen LogP contribution < -0.4 is 5.32 Å². The van der Waals surface area contributed by atoms with E-state index in [0.717, 1.165) is 16.9 Å². The van der Waals surface area contributed by atoms with Gasteiger partial charge in [0, 0.05) is 24.9 Å². The number of aromatic nitrogens is 2. The normalized spacial score (nSPS) is 11.3. The van der Waals surface area contributed by atoms with E-state index in [4.69, 9.17) is 5.10 Å². The first kappa shape index (κ1) is 19.7. The molecule has 0 saturated carbocycles. The van der Waals surface area contributed by atoms with Gasteiger partial charge in [-0.1, -0.05) is 38.5 Å². The molecule has 26 heavy (non-hydrogen) atoms. The van der Waals surface area contributed by atoms with Crippen LogP contribution in [0.5, 0.6) is 0 Å². The van der Waals surface area contributed by atoms with Crippen molar-refractivity contribution in [2.75, 3.05) is 18.4 Å². The number of likely N-dealkylation sites (N-methyl/N-ethyl adjacent to an activating group) is 1. The highest BCUT2D eigenvalue weighted by Gasteiger charge is 2.22. The number of carbonyl (C=O) groups is 2. The molecule has 6 nitrogen and oxygen atoms in total. The van der Waals surface area contributed by atoms with Gasteiger partial charge >= 0.3 is 0 Å². The first-order valence-corrected chi connectivity index (χ1v) is 8.84. The smallest absolute Gasteiger partial charge is 0.245 e. The zero-order chi connectivity index (χ0) is 19.5. The molecule has 1 aromatic heterocycles. The van der Waals surface area contributed by atoms with E-state index in [1.54, 1.807) is 4.68 Å². The van der Waals surface area contributed by atoms with Crippen molar-refractivity contribution in [3.8, 4) is 5.69 Å². The van der Waals surface area contributed by atoms with Gasteiger partial charge in [0.1, 0.15) is 5.82 Å². The minimum atomic E-state index is -0.240. The molecule has 1 heterocycles. The standard InChI is InChI=1S/C20H28N4O2/c1-7-23(15(3)25)13-19(26)21-18-12-17(20(4,5)6)22-24(18)16-10-8-14(2)9-11-16/h8-12H,7,13H2,1-6H3,(H,21,26). The predicted octanol–water partition coefficient (Wildman–Crippen LogP) is 3.29. The van der Waals surface area contributed by atoms with Crippen molar-refractivity contribution in [1.82, 2.24) is 14.7 Å². The lowest BCUT2D eigenvalue weighted by Gasteiger charge is -2.18. The number of carbonyl (C=O) groups excluding carboxylic acids is 2. The average Bonchev–Trinajstić information content (AvgIpc) is 2.97. The van der Waals surface area contributed by atoms with Gasteiger partial charge in [0.2, 0.25) is 11.8 Å². The van der Waals surface area contributed by atoms with Crippen LogP contribution in [0.2, 0.25) is 0 Å². The SMILES string of the molecule is CCN(CC(=O)Nc1cc(C(C)(C)C)nn1-c1ccc(C)cc1)C(C)=O. The molecule has 0 spiro atoms. The topological polar surface area (TPSA) is 67.2 Å². The zero-order valence-corrected chi connectivity index (χ0v) is 16.5. The van der Waals surface area contributed by atoms with Crippen molar-refractivity contribution in [2.45, 2.75) is 47.0 Å². The van der Waals surface area contributed by atoms with Crippen LogP contribution in [0.3, 0.4) is 0 Å². The highest BCUT2D eigenvalue weighted by molar-refractivity contribution is 5.94. The highest BCUT2D eigenvalue weighted by atomic mass is 16.2. The van der Waals surface area contributed by atoms with Crippen LogP contribution in [0.15, 0.2) is 30.3 Å². The minimum Gasteiger partial charge on any atom is -0.334 e. The van der Waals surface area contributed by atoms with Gasteiger partial charge in [-0.25, -0.2) is 4.68 Å². The Bertz CT molecular complexity index is 785. The Morgan fingerprint density at radius 1 is 1.19 bits per heavy atom. The summed E-state index contributed by atoms with van der Waals surface area (Å²) in [6.45, 7) is 12.1. The summed E-state index contributed by atoms with van der Waals surface area (Å²) < 4.78 is 1.74. The first-order valence-electron chi connectivity index (χ1n) is 8.84. The molecule has 1 N–H and O–H groups in total. The Balaban J connectivity index is 2.34. The molecule has 0 bridgehead atoms. The molecule has 6 heteroatoms. The molecule has 0 atom stereocenters. The molecule has 0 aliphatic heterocycles. The van der Waals surface area contributed by atoms with E-state index in [1.807, 2.05) is 44.2 Å². The Hall–Kier alpha value is -2.63. The summed E-state index contributed by atoms with van der Waals surface area (Å²) in [6, 6.07) is 9.85. The van der Waals surface area contributed by atoms with E-state index in [2.05, 4.69) is 26.1 Å². The number of hydrogen-bond acceptors (Lipinski definition) is 3. The van der Waals surface area contributed by atoms with Gasteiger partial charge in [0.25, 0.3) is 0 Å². The minimum absolute atomic E-state index is 0.0236. The third-order valence-corrected chi connectivity index (χ3v) is 4.19. The summed E-state index contributed by atoms with van der Waals surface area (Å²) in [5.41, 5.74) is 2.76. The van der Waals surface area contributed by atoms with Crippen LogP contribution in [0.25, 0.3) is 5.69 Å². The fourth-order valence-corrected chi connectivity index (χ4v) is 2.52. The largest absolute Gasteiger partial charge is 0.334 e. The molecule has 0 aliphatic carbocycles. The Labute approximate surface area is 155 Å². The van der Waals surface area contributed by atoms with Gasteiger partial charge in [0.05, 0.1) is 17.9 Å². The van der Waals surface area contributed by atoms with E-state index < -0.39 is 0 Å². The quantitative estimate of drug-likeness (QED) is 0.894. The third-order valence-electron chi connectivity index (χ3n) is 4.19. The van der Waals surface area contributed by atoms with E-state index in [9.17, 15) is 9.59 Å². The second-order valence-electron chi connectivity index (χ2n) is 7.49. The number of aryl methyl sites for hydroxylation is 1. The van der Waals surface area contributed by atoms with Gasteiger partial charge in [-0.2, -0.15) is 5.10 Å². The van der Waals surface area contributed by atoms with Gasteiger partial charge in [-0.15, -0.1) is 0 Å². The van der Waals surface area contributed by atoms with Crippen LogP contribution in [0, 0.1) is 6.92 Å². The van der Waals surface area contributed by atoms with Crippen LogP contribution in [0.4, 0.5) is 5.82 Å². The molecule has 0 unspecified atom stereocenters. The van der Waals surface area contributed by atoms with Gasteiger partial charge < -0.3 is 10.2 Å². The maximum Gasteiger partial charge on any atom is 0.245 e. The number of benzene rings is 1. The molecule has 2 rings (SSSR count). The fraction of sp³-hybridized carbons (Fsp3) is 0.450. The van der Waals surface area contributed by atoms with Gasteiger partial charge in [-0.3, -0.25) is 9.59 Å². The Kier molecular flexibility index (Phi) is 5.85. The van der Waals surface area contributed by atoms with Gasteiger partial charge in [0.15, 0.2) is 0 Å². The molecule has 0 fully saturated rings. The molecule has 1 aromatic carbocycles. The number of anilines is 1. The molecule has 0 radical (unpaired) electrons. The molecular weight excluding hydrogens is 328 g/mol. The van der Waals surface area contributed by atoms with Crippen LogP contribution >= 0.6 is 0 Å². The maximum atomic E-state index is 12.4. The second-order valence-corrected chi connectivity index (χ2v) is 7.49. The summed E-state index contributed by atoms with van der Waals surface area (Å²) >= 11 is 0. The summed E-state index contributed by atoms with van der Waals surface area (Å²) in [5, 5.41) is 7.59. The Morgan fingerprint density at radius 3 is 2.31 bits per heavy atom. The van der Waals surface area contributed by atoms with Crippen molar-refractivity contribution in [2.24, 2.45) is 0 Å². The van der Waals surface area contributed by atoms with E-state index in [-0.39, 0.29) is 23.8 Å². The van der Waals surface area contributed by atoms with Crippen LogP contribution in [-0.4, -0.2) is 39.6 Å². The summed E-state index contributed by atoms with van der Waals surface area (Å²) in [6.07, 6.45) is 0.